The zero-order chi connectivity index (χ0) is 26.2. The van der Waals surface area contributed by atoms with Crippen LogP contribution in [0.3, 0.4) is 0 Å². The fourth-order valence-corrected chi connectivity index (χ4v) is 4.30. The molecule has 0 saturated heterocycles. The lowest BCUT2D eigenvalue weighted by molar-refractivity contribution is -0.151. The molecule has 0 fully saturated rings. The first-order valence-corrected chi connectivity index (χ1v) is 12.9. The highest BCUT2D eigenvalue weighted by atomic mass is 79.9. The van der Waals surface area contributed by atoms with E-state index in [9.17, 15) is 9.59 Å². The Morgan fingerprint density at radius 2 is 1.50 bits per heavy atom. The van der Waals surface area contributed by atoms with Crippen molar-refractivity contribution in [1.82, 2.24) is 10.3 Å². The number of pyridine rings is 1. The standard InChI is InChI=1S/C27H28Br2N2O5/c1-16(31-15-23-26(36-18(3)32)24(34-4)13-14-30-23)27(33)35-17(2)25(19-5-9-21(28)10-6-19)20-7-11-22(29)12-8-20/h5-14,16-17,25,31H,15H2,1-4H3/t16-,17-/m0/s1. The van der Waals surface area contributed by atoms with E-state index in [1.165, 1.54) is 14.0 Å². The Balaban J connectivity index is 1.73. The first-order chi connectivity index (χ1) is 17.2. The SMILES string of the molecule is COc1ccnc(CN[C@@H](C)C(=O)O[C@@H](C)C(c2ccc(Br)cc2)c2ccc(Br)cc2)c1OC(C)=O. The van der Waals surface area contributed by atoms with Gasteiger partial charge < -0.3 is 14.2 Å². The number of halogens is 2. The van der Waals surface area contributed by atoms with Gasteiger partial charge in [0.25, 0.3) is 0 Å². The lowest BCUT2D eigenvalue weighted by atomic mass is 9.87. The number of nitrogens with zero attached hydrogens (tertiary/aromatic N) is 1. The summed E-state index contributed by atoms with van der Waals surface area (Å²) in [5, 5.41) is 3.11. The molecule has 0 aliphatic rings. The van der Waals surface area contributed by atoms with Crippen LogP contribution in [0.2, 0.25) is 0 Å². The number of benzene rings is 2. The maximum atomic E-state index is 13.0. The van der Waals surface area contributed by atoms with Gasteiger partial charge in [-0.05, 0) is 49.2 Å². The highest BCUT2D eigenvalue weighted by Gasteiger charge is 2.27. The van der Waals surface area contributed by atoms with Crippen molar-refractivity contribution in [2.45, 2.75) is 45.4 Å². The van der Waals surface area contributed by atoms with Gasteiger partial charge in [0, 0.05) is 40.6 Å². The average molecular weight is 620 g/mol. The summed E-state index contributed by atoms with van der Waals surface area (Å²) in [6.45, 7) is 5.09. The van der Waals surface area contributed by atoms with Gasteiger partial charge in [0.1, 0.15) is 17.8 Å². The van der Waals surface area contributed by atoms with Gasteiger partial charge in [-0.1, -0.05) is 56.1 Å². The minimum Gasteiger partial charge on any atom is -0.493 e. The number of hydrogen-bond donors (Lipinski definition) is 1. The fourth-order valence-electron chi connectivity index (χ4n) is 3.77. The van der Waals surface area contributed by atoms with E-state index in [2.05, 4.69) is 42.2 Å². The molecule has 0 saturated carbocycles. The van der Waals surface area contributed by atoms with E-state index in [-0.39, 0.29) is 18.2 Å². The number of hydrogen-bond acceptors (Lipinski definition) is 7. The highest BCUT2D eigenvalue weighted by molar-refractivity contribution is 9.10. The third kappa shape index (κ3) is 7.38. The van der Waals surface area contributed by atoms with Gasteiger partial charge in [-0.3, -0.25) is 19.9 Å². The molecule has 36 heavy (non-hydrogen) atoms. The van der Waals surface area contributed by atoms with Crippen LogP contribution in [0.5, 0.6) is 11.5 Å². The summed E-state index contributed by atoms with van der Waals surface area (Å²) in [7, 11) is 1.48. The topological polar surface area (TPSA) is 86.8 Å². The van der Waals surface area contributed by atoms with Crippen molar-refractivity contribution in [2.75, 3.05) is 7.11 Å². The van der Waals surface area contributed by atoms with Crippen molar-refractivity contribution in [2.24, 2.45) is 0 Å². The minimum absolute atomic E-state index is 0.155. The van der Waals surface area contributed by atoms with Crippen LogP contribution in [0.1, 0.15) is 43.5 Å². The van der Waals surface area contributed by atoms with Crippen molar-refractivity contribution in [3.05, 3.63) is 86.6 Å². The average Bonchev–Trinajstić information content (AvgIpc) is 2.85. The smallest absolute Gasteiger partial charge is 0.323 e. The Kier molecular flexibility index (Phi) is 10.0. The molecule has 1 aromatic heterocycles. The van der Waals surface area contributed by atoms with Crippen LogP contribution in [0.4, 0.5) is 0 Å². The minimum atomic E-state index is -0.638. The molecule has 0 radical (unpaired) electrons. The Bertz CT molecular complexity index is 1140. The second kappa shape index (κ2) is 13.0. The second-order valence-corrected chi connectivity index (χ2v) is 10.0. The normalized spacial score (nSPS) is 12.6. The molecule has 3 rings (SSSR count). The molecular weight excluding hydrogens is 592 g/mol. The maximum Gasteiger partial charge on any atom is 0.323 e. The number of methoxy groups -OCH3 is 1. The molecule has 1 heterocycles. The number of ether oxygens (including phenoxy) is 3. The fraction of sp³-hybridized carbons (Fsp3) is 0.296. The molecule has 0 aliphatic carbocycles. The molecule has 9 heteroatoms. The third-order valence-electron chi connectivity index (χ3n) is 5.57. The van der Waals surface area contributed by atoms with E-state index < -0.39 is 24.1 Å². The lowest BCUT2D eigenvalue weighted by Gasteiger charge is -2.27. The van der Waals surface area contributed by atoms with Crippen molar-refractivity contribution in [3.8, 4) is 11.5 Å². The molecular formula is C27H28Br2N2O5. The van der Waals surface area contributed by atoms with Crippen LogP contribution in [0.15, 0.2) is 69.7 Å². The van der Waals surface area contributed by atoms with E-state index in [1.807, 2.05) is 55.5 Å². The van der Waals surface area contributed by atoms with Crippen LogP contribution in [-0.4, -0.2) is 36.2 Å². The molecule has 0 aliphatic heterocycles. The Morgan fingerprint density at radius 3 is 2.00 bits per heavy atom. The monoisotopic (exact) mass is 618 g/mol. The number of carbonyl (C=O) groups is 2. The summed E-state index contributed by atoms with van der Waals surface area (Å²) < 4.78 is 18.4. The van der Waals surface area contributed by atoms with Crippen molar-refractivity contribution < 1.29 is 23.8 Å². The van der Waals surface area contributed by atoms with Crippen LogP contribution < -0.4 is 14.8 Å². The molecule has 190 valence electrons. The third-order valence-corrected chi connectivity index (χ3v) is 6.62. The van der Waals surface area contributed by atoms with Gasteiger partial charge in [0.2, 0.25) is 0 Å². The van der Waals surface area contributed by atoms with Gasteiger partial charge in [-0.2, -0.15) is 0 Å². The lowest BCUT2D eigenvalue weighted by Crippen LogP contribution is -2.38. The molecule has 3 aromatic rings. The zero-order valence-corrected chi connectivity index (χ0v) is 23.6. The first-order valence-electron chi connectivity index (χ1n) is 11.3. The molecule has 2 atom stereocenters. The van der Waals surface area contributed by atoms with Crippen molar-refractivity contribution >= 4 is 43.8 Å². The van der Waals surface area contributed by atoms with Gasteiger partial charge in [-0.25, -0.2) is 0 Å². The number of carbonyl (C=O) groups excluding carboxylic acids is 2. The molecule has 7 nitrogen and oxygen atoms in total. The summed E-state index contributed by atoms with van der Waals surface area (Å²) in [4.78, 5) is 28.8. The summed E-state index contributed by atoms with van der Waals surface area (Å²) in [6, 6.07) is 16.9. The first kappa shape index (κ1) is 27.8. The zero-order valence-electron chi connectivity index (χ0n) is 20.5. The Morgan fingerprint density at radius 1 is 0.944 bits per heavy atom. The highest BCUT2D eigenvalue weighted by Crippen LogP contribution is 2.32. The van der Waals surface area contributed by atoms with E-state index in [4.69, 9.17) is 14.2 Å². The van der Waals surface area contributed by atoms with Crippen LogP contribution in [0.25, 0.3) is 0 Å². The van der Waals surface area contributed by atoms with Gasteiger partial charge >= 0.3 is 11.9 Å². The summed E-state index contributed by atoms with van der Waals surface area (Å²) in [5.41, 5.74) is 2.51. The Labute approximate surface area is 227 Å². The van der Waals surface area contributed by atoms with Gasteiger partial charge in [-0.15, -0.1) is 0 Å². The second-order valence-electron chi connectivity index (χ2n) is 8.21. The Hall–Kier alpha value is -2.75. The van der Waals surface area contributed by atoms with Crippen LogP contribution in [-0.2, 0) is 20.9 Å². The van der Waals surface area contributed by atoms with Crippen molar-refractivity contribution in [1.29, 1.82) is 0 Å². The number of aromatic nitrogens is 1. The predicted molar refractivity (Wildman–Crippen MR) is 144 cm³/mol. The van der Waals surface area contributed by atoms with E-state index >= 15 is 0 Å². The number of rotatable bonds is 10. The predicted octanol–water partition coefficient (Wildman–Crippen LogP) is 5.78. The largest absolute Gasteiger partial charge is 0.493 e. The molecule has 2 aromatic carbocycles. The molecule has 0 amide bonds. The van der Waals surface area contributed by atoms with Crippen molar-refractivity contribution in [3.63, 3.8) is 0 Å². The molecule has 0 bridgehead atoms. The molecule has 0 spiro atoms. The maximum absolute atomic E-state index is 13.0. The van der Waals surface area contributed by atoms with E-state index in [0.717, 1.165) is 20.1 Å². The van der Waals surface area contributed by atoms with Gasteiger partial charge in [0.15, 0.2) is 11.5 Å². The summed E-state index contributed by atoms with van der Waals surface area (Å²) >= 11 is 6.96. The van der Waals surface area contributed by atoms with Crippen LogP contribution >= 0.6 is 31.9 Å². The summed E-state index contributed by atoms with van der Waals surface area (Å²) in [6.07, 6.45) is 1.12. The number of esters is 2. The van der Waals surface area contributed by atoms with Crippen LogP contribution in [0, 0.1) is 0 Å². The molecule has 0 unspecified atom stereocenters. The van der Waals surface area contributed by atoms with E-state index in [1.54, 1.807) is 19.2 Å². The molecule has 1 N–H and O–H groups in total. The van der Waals surface area contributed by atoms with E-state index in [0.29, 0.717) is 11.4 Å². The summed E-state index contributed by atoms with van der Waals surface area (Å²) in [5.74, 6) is -0.445. The number of nitrogens with one attached hydrogen (secondary N) is 1. The van der Waals surface area contributed by atoms with Gasteiger partial charge in [0.05, 0.1) is 7.11 Å². The quantitative estimate of drug-likeness (QED) is 0.288.